The van der Waals surface area contributed by atoms with E-state index in [1.807, 2.05) is 13.2 Å². The first-order valence-corrected chi connectivity index (χ1v) is 14.4. The molecule has 5 fully saturated rings. The number of hydrogen-bond donors (Lipinski definition) is 2. The van der Waals surface area contributed by atoms with E-state index in [1.54, 1.807) is 6.92 Å². The van der Waals surface area contributed by atoms with E-state index in [2.05, 4.69) is 40.7 Å². The van der Waals surface area contributed by atoms with E-state index in [9.17, 15) is 10.2 Å². The van der Waals surface area contributed by atoms with Crippen LogP contribution in [0.15, 0.2) is 12.2 Å². The third-order valence-corrected chi connectivity index (χ3v) is 13.4. The van der Waals surface area contributed by atoms with Gasteiger partial charge in [-0.3, -0.25) is 0 Å². The van der Waals surface area contributed by atoms with Crippen LogP contribution in [-0.2, 0) is 4.74 Å². The Morgan fingerprint density at radius 2 is 1.62 bits per heavy atom. The summed E-state index contributed by atoms with van der Waals surface area (Å²) in [6, 6.07) is 0. The molecule has 5 aliphatic rings. The maximum absolute atomic E-state index is 10.2. The van der Waals surface area contributed by atoms with E-state index < -0.39 is 5.60 Å². The van der Waals surface area contributed by atoms with Gasteiger partial charge in [0.25, 0.3) is 0 Å². The minimum Gasteiger partial charge on any atom is -0.393 e. The highest BCUT2D eigenvalue weighted by molar-refractivity contribution is 5.30. The fraction of sp³-hybridized carbons (Fsp3) is 0.935. The minimum absolute atomic E-state index is 0.217. The molecular formula is C31H52O3. The van der Waals surface area contributed by atoms with E-state index in [0.717, 1.165) is 24.2 Å². The molecule has 10 atom stereocenters. The van der Waals surface area contributed by atoms with E-state index in [0.29, 0.717) is 39.1 Å². The third kappa shape index (κ3) is 3.11. The van der Waals surface area contributed by atoms with Crippen LogP contribution in [0.3, 0.4) is 0 Å². The van der Waals surface area contributed by atoms with Gasteiger partial charge in [-0.25, -0.2) is 0 Å². The third-order valence-electron chi connectivity index (χ3n) is 13.4. The molecule has 2 spiro atoms. The minimum atomic E-state index is -1.10. The van der Waals surface area contributed by atoms with Crippen LogP contribution in [-0.4, -0.2) is 35.6 Å². The van der Waals surface area contributed by atoms with Crippen molar-refractivity contribution in [3.05, 3.63) is 12.2 Å². The number of methoxy groups -OCH3 is 1. The van der Waals surface area contributed by atoms with Gasteiger partial charge in [-0.2, -0.15) is 0 Å². The van der Waals surface area contributed by atoms with Crippen molar-refractivity contribution in [3.63, 3.8) is 0 Å². The predicted octanol–water partition coefficient (Wildman–Crippen LogP) is 6.77. The molecular weight excluding hydrogens is 420 g/mol. The van der Waals surface area contributed by atoms with Crippen LogP contribution in [0.25, 0.3) is 0 Å². The van der Waals surface area contributed by atoms with Gasteiger partial charge in [0.15, 0.2) is 0 Å². The first-order valence-electron chi connectivity index (χ1n) is 14.4. The van der Waals surface area contributed by atoms with E-state index >= 15 is 0 Å². The van der Waals surface area contributed by atoms with Crippen molar-refractivity contribution in [2.45, 2.75) is 117 Å². The molecule has 0 aromatic carbocycles. The summed E-state index contributed by atoms with van der Waals surface area (Å²) in [5, 5.41) is 19.5. The molecule has 5 saturated carbocycles. The zero-order chi connectivity index (χ0) is 24.8. The van der Waals surface area contributed by atoms with E-state index in [1.165, 1.54) is 57.8 Å². The molecule has 0 aromatic heterocycles. The van der Waals surface area contributed by atoms with Gasteiger partial charge in [0.1, 0.15) is 5.60 Å². The number of fused-ring (bicyclic) bond motifs is 2. The second kappa shape index (κ2) is 7.81. The SMILES string of the molecule is CO[C@H]1CC[C@]23C[C@]24CC[C@]2(C)[C@@H]([C@H](C)C/C=C/[C@@](C)(O)CO)CC[C@@]2(C)[C@@H]4CC[C@H]3C1(C)C. The molecule has 0 radical (unpaired) electrons. The zero-order valence-electron chi connectivity index (χ0n) is 23.1. The fourth-order valence-electron chi connectivity index (χ4n) is 11.5. The average molecular weight is 473 g/mol. The molecule has 0 aliphatic heterocycles. The zero-order valence-corrected chi connectivity index (χ0v) is 23.1. The number of aliphatic hydroxyl groups is 2. The molecule has 194 valence electrons. The van der Waals surface area contributed by atoms with E-state index in [4.69, 9.17) is 4.74 Å². The van der Waals surface area contributed by atoms with Gasteiger partial charge >= 0.3 is 0 Å². The molecule has 0 heterocycles. The molecule has 2 N–H and O–H groups in total. The van der Waals surface area contributed by atoms with Gasteiger partial charge in [-0.05, 0) is 122 Å². The summed E-state index contributed by atoms with van der Waals surface area (Å²) in [5.74, 6) is 3.11. The quantitative estimate of drug-likeness (QED) is 0.420. The lowest BCUT2D eigenvalue weighted by atomic mass is 9.41. The first-order chi connectivity index (χ1) is 15.8. The Labute approximate surface area is 209 Å². The first kappa shape index (κ1) is 25.3. The fourth-order valence-corrected chi connectivity index (χ4v) is 11.5. The number of allylic oxidation sites excluding steroid dienone is 1. The lowest BCUT2D eigenvalue weighted by molar-refractivity contribution is -0.166. The Bertz CT molecular complexity index is 831. The Morgan fingerprint density at radius 3 is 2.29 bits per heavy atom. The monoisotopic (exact) mass is 472 g/mol. The van der Waals surface area contributed by atoms with Crippen molar-refractivity contribution in [2.75, 3.05) is 13.7 Å². The van der Waals surface area contributed by atoms with Crippen molar-refractivity contribution in [1.29, 1.82) is 0 Å². The molecule has 3 nitrogen and oxygen atoms in total. The van der Waals surface area contributed by atoms with Crippen LogP contribution < -0.4 is 0 Å². The van der Waals surface area contributed by atoms with Gasteiger partial charge in [0.05, 0.1) is 12.7 Å². The molecule has 3 heteroatoms. The van der Waals surface area contributed by atoms with Gasteiger partial charge in [-0.1, -0.05) is 46.8 Å². The van der Waals surface area contributed by atoms with Gasteiger partial charge < -0.3 is 14.9 Å². The summed E-state index contributed by atoms with van der Waals surface area (Å²) in [7, 11) is 1.94. The smallest absolute Gasteiger partial charge is 0.103 e. The van der Waals surface area contributed by atoms with Crippen molar-refractivity contribution in [2.24, 2.45) is 50.7 Å². The second-order valence-electron chi connectivity index (χ2n) is 14.9. The van der Waals surface area contributed by atoms with Gasteiger partial charge in [0.2, 0.25) is 0 Å². The Balaban J connectivity index is 1.37. The Morgan fingerprint density at radius 1 is 0.941 bits per heavy atom. The molecule has 34 heavy (non-hydrogen) atoms. The molecule has 0 bridgehead atoms. The average Bonchev–Trinajstić information content (AvgIpc) is 3.35. The van der Waals surface area contributed by atoms with Crippen molar-refractivity contribution < 1.29 is 14.9 Å². The lowest BCUT2D eigenvalue weighted by Gasteiger charge is -2.63. The summed E-state index contributed by atoms with van der Waals surface area (Å²) in [6.07, 6.45) is 18.0. The summed E-state index contributed by atoms with van der Waals surface area (Å²) >= 11 is 0. The maximum atomic E-state index is 10.2. The van der Waals surface area contributed by atoms with Crippen LogP contribution in [0.1, 0.15) is 106 Å². The number of ether oxygens (including phenoxy) is 1. The largest absolute Gasteiger partial charge is 0.393 e. The van der Waals surface area contributed by atoms with Crippen molar-refractivity contribution in [3.8, 4) is 0 Å². The molecule has 0 saturated heterocycles. The van der Waals surface area contributed by atoms with Crippen LogP contribution in [0, 0.1) is 50.7 Å². The highest BCUT2D eigenvalue weighted by Crippen LogP contribution is 2.89. The van der Waals surface area contributed by atoms with Gasteiger partial charge in [0, 0.05) is 7.11 Å². The summed E-state index contributed by atoms with van der Waals surface area (Å²) < 4.78 is 6.02. The lowest BCUT2D eigenvalue weighted by Crippen LogP contribution is -2.57. The number of rotatable bonds is 6. The normalized spacial score (nSPS) is 51.7. The molecule has 0 unspecified atom stereocenters. The second-order valence-corrected chi connectivity index (χ2v) is 14.9. The van der Waals surface area contributed by atoms with Crippen LogP contribution in [0.4, 0.5) is 0 Å². The van der Waals surface area contributed by atoms with Gasteiger partial charge in [-0.15, -0.1) is 0 Å². The standard InChI is InChI=1S/C31H52O3/c1-21(9-8-14-27(4,33)20-32)22-12-15-29(6)24-11-10-23-26(2,3)25(34-7)13-16-30(23)19-31(24,30)18-17-28(22,29)5/h8,14,21-25,32-33H,9-13,15-20H2,1-7H3/b14-8+/t21-,22-,23+,24+,25+,27-,28-,29+,30-,31+/m1/s1. The molecule has 0 amide bonds. The Kier molecular flexibility index (Phi) is 5.81. The Hall–Kier alpha value is -0.380. The van der Waals surface area contributed by atoms with Crippen LogP contribution in [0.2, 0.25) is 0 Å². The van der Waals surface area contributed by atoms with E-state index in [-0.39, 0.29) is 6.61 Å². The molecule has 5 aliphatic carbocycles. The van der Waals surface area contributed by atoms with Crippen LogP contribution >= 0.6 is 0 Å². The topological polar surface area (TPSA) is 49.7 Å². The molecule has 5 rings (SSSR count). The maximum Gasteiger partial charge on any atom is 0.103 e. The number of aliphatic hydroxyl groups excluding tert-OH is 1. The van der Waals surface area contributed by atoms with Crippen molar-refractivity contribution >= 4 is 0 Å². The van der Waals surface area contributed by atoms with Crippen LogP contribution in [0.5, 0.6) is 0 Å². The molecule has 0 aromatic rings. The summed E-state index contributed by atoms with van der Waals surface area (Å²) in [4.78, 5) is 0. The van der Waals surface area contributed by atoms with Crippen molar-refractivity contribution in [1.82, 2.24) is 0 Å². The highest BCUT2D eigenvalue weighted by Gasteiger charge is 2.82. The predicted molar refractivity (Wildman–Crippen MR) is 138 cm³/mol. The summed E-state index contributed by atoms with van der Waals surface area (Å²) in [5.41, 5.74) is 1.30. The highest BCUT2D eigenvalue weighted by atomic mass is 16.5. The summed E-state index contributed by atoms with van der Waals surface area (Å²) in [6.45, 7) is 14.3. The number of hydrogen-bond acceptors (Lipinski definition) is 3.